The van der Waals surface area contributed by atoms with Crippen LogP contribution in [0.4, 0.5) is 0 Å². The smallest absolute Gasteiger partial charge is 0.339 e. The zero-order valence-corrected chi connectivity index (χ0v) is 10.2. The summed E-state index contributed by atoms with van der Waals surface area (Å²) in [4.78, 5) is 23.2. The van der Waals surface area contributed by atoms with Crippen LogP contribution in [0, 0.1) is 0 Å². The highest BCUT2D eigenvalue weighted by Crippen LogP contribution is 2.11. The van der Waals surface area contributed by atoms with Crippen LogP contribution in [-0.4, -0.2) is 26.1 Å². The normalized spacial score (nSPS) is 10.8. The van der Waals surface area contributed by atoms with E-state index < -0.39 is 5.97 Å². The van der Waals surface area contributed by atoms with Crippen molar-refractivity contribution in [3.05, 3.63) is 58.3 Å². The van der Waals surface area contributed by atoms with Crippen LogP contribution in [-0.2, 0) is 6.54 Å². The van der Waals surface area contributed by atoms with E-state index in [4.69, 9.17) is 9.52 Å². The van der Waals surface area contributed by atoms with Gasteiger partial charge in [0.2, 0.25) is 0 Å². The highest BCUT2D eigenvalue weighted by molar-refractivity contribution is 5.88. The Bertz CT molecular complexity index is 850. The third kappa shape index (κ3) is 1.95. The number of furan rings is 1. The lowest BCUT2D eigenvalue weighted by Crippen LogP contribution is -2.25. The zero-order chi connectivity index (χ0) is 14.1. The van der Waals surface area contributed by atoms with Crippen LogP contribution in [0.1, 0.15) is 16.1 Å². The minimum Gasteiger partial charge on any atom is -0.478 e. The first-order chi connectivity index (χ1) is 9.66. The molecule has 0 fully saturated rings. The molecule has 0 spiro atoms. The third-order valence-corrected chi connectivity index (χ3v) is 2.90. The Morgan fingerprint density at radius 1 is 1.30 bits per heavy atom. The molecular formula is C13H9N3O4. The SMILES string of the molecule is O=C(O)c1ccoc1Cn1nnc2ccccc2c1=O. The molecule has 2 aromatic heterocycles. The van der Waals surface area contributed by atoms with E-state index in [-0.39, 0.29) is 23.4 Å². The summed E-state index contributed by atoms with van der Waals surface area (Å²) >= 11 is 0. The van der Waals surface area contributed by atoms with Gasteiger partial charge in [0.15, 0.2) is 0 Å². The number of aromatic nitrogens is 3. The zero-order valence-electron chi connectivity index (χ0n) is 10.2. The Kier molecular flexibility index (Phi) is 2.79. The number of rotatable bonds is 3. The molecule has 0 radical (unpaired) electrons. The number of carboxylic acid groups (broad SMARTS) is 1. The Morgan fingerprint density at radius 3 is 2.90 bits per heavy atom. The van der Waals surface area contributed by atoms with E-state index in [9.17, 15) is 9.59 Å². The molecule has 3 rings (SSSR count). The van der Waals surface area contributed by atoms with E-state index in [1.165, 1.54) is 12.3 Å². The van der Waals surface area contributed by atoms with E-state index in [0.29, 0.717) is 10.9 Å². The van der Waals surface area contributed by atoms with Gasteiger partial charge in [0.25, 0.3) is 5.56 Å². The van der Waals surface area contributed by atoms with E-state index in [1.807, 2.05) is 0 Å². The number of nitrogens with zero attached hydrogens (tertiary/aromatic N) is 3. The van der Waals surface area contributed by atoms with Crippen LogP contribution in [0.25, 0.3) is 10.9 Å². The maximum atomic E-state index is 12.2. The van der Waals surface area contributed by atoms with Gasteiger partial charge in [0, 0.05) is 0 Å². The first-order valence-electron chi connectivity index (χ1n) is 5.79. The van der Waals surface area contributed by atoms with Crippen LogP contribution < -0.4 is 5.56 Å². The summed E-state index contributed by atoms with van der Waals surface area (Å²) in [5, 5.41) is 17.1. The highest BCUT2D eigenvalue weighted by Gasteiger charge is 2.15. The summed E-state index contributed by atoms with van der Waals surface area (Å²) in [6.45, 7) is -0.0781. The molecule has 2 heterocycles. The molecule has 3 aromatic rings. The fraction of sp³-hybridized carbons (Fsp3) is 0.0769. The number of benzene rings is 1. The highest BCUT2D eigenvalue weighted by atomic mass is 16.4. The summed E-state index contributed by atoms with van der Waals surface area (Å²) in [6, 6.07) is 8.14. The number of hydrogen-bond donors (Lipinski definition) is 1. The molecule has 0 aliphatic carbocycles. The van der Waals surface area contributed by atoms with Gasteiger partial charge in [-0.15, -0.1) is 5.10 Å². The van der Waals surface area contributed by atoms with Crippen LogP contribution in [0.5, 0.6) is 0 Å². The summed E-state index contributed by atoms with van der Waals surface area (Å²) in [7, 11) is 0. The van der Waals surface area contributed by atoms with Gasteiger partial charge in [-0.2, -0.15) is 0 Å². The summed E-state index contributed by atoms with van der Waals surface area (Å²) in [5.41, 5.74) is 0.154. The number of carbonyl (C=O) groups is 1. The predicted molar refractivity (Wildman–Crippen MR) is 68.6 cm³/mol. The second-order valence-corrected chi connectivity index (χ2v) is 4.13. The van der Waals surface area contributed by atoms with Crippen molar-refractivity contribution in [2.45, 2.75) is 6.54 Å². The molecule has 0 aliphatic rings. The fourth-order valence-corrected chi connectivity index (χ4v) is 1.92. The molecule has 0 unspecified atom stereocenters. The van der Waals surface area contributed by atoms with Gasteiger partial charge in [-0.1, -0.05) is 17.3 Å². The van der Waals surface area contributed by atoms with E-state index >= 15 is 0 Å². The van der Waals surface area contributed by atoms with Gasteiger partial charge in [-0.25, -0.2) is 9.48 Å². The van der Waals surface area contributed by atoms with Crippen molar-refractivity contribution >= 4 is 16.9 Å². The monoisotopic (exact) mass is 271 g/mol. The van der Waals surface area contributed by atoms with E-state index in [1.54, 1.807) is 24.3 Å². The molecule has 0 atom stereocenters. The lowest BCUT2D eigenvalue weighted by Gasteiger charge is -2.03. The number of fused-ring (bicyclic) bond motifs is 1. The van der Waals surface area contributed by atoms with Crippen molar-refractivity contribution in [3.8, 4) is 0 Å². The minimum atomic E-state index is -1.12. The number of carboxylic acids is 1. The molecular weight excluding hydrogens is 262 g/mol. The summed E-state index contributed by atoms with van der Waals surface area (Å²) in [6.07, 6.45) is 1.26. The molecule has 1 aromatic carbocycles. The predicted octanol–water partition coefficient (Wildman–Crippen LogP) is 1.13. The molecule has 20 heavy (non-hydrogen) atoms. The Hall–Kier alpha value is -2.96. The molecule has 100 valence electrons. The average Bonchev–Trinajstić information content (AvgIpc) is 2.91. The van der Waals surface area contributed by atoms with Crippen LogP contribution in [0.3, 0.4) is 0 Å². The summed E-state index contributed by atoms with van der Waals surface area (Å²) < 4.78 is 6.17. The van der Waals surface area contributed by atoms with Crippen molar-refractivity contribution in [3.63, 3.8) is 0 Å². The van der Waals surface area contributed by atoms with Crippen LogP contribution in [0.2, 0.25) is 0 Å². The van der Waals surface area contributed by atoms with Crippen molar-refractivity contribution in [2.75, 3.05) is 0 Å². The molecule has 1 N–H and O–H groups in total. The van der Waals surface area contributed by atoms with Crippen molar-refractivity contribution in [1.29, 1.82) is 0 Å². The van der Waals surface area contributed by atoms with E-state index in [2.05, 4.69) is 10.3 Å². The Morgan fingerprint density at radius 2 is 2.10 bits per heavy atom. The quantitative estimate of drug-likeness (QED) is 0.766. The van der Waals surface area contributed by atoms with Crippen molar-refractivity contribution in [1.82, 2.24) is 15.0 Å². The summed E-state index contributed by atoms with van der Waals surface area (Å²) in [5.74, 6) is -0.959. The molecule has 0 amide bonds. The molecule has 0 saturated carbocycles. The average molecular weight is 271 g/mol. The number of aromatic carboxylic acids is 1. The minimum absolute atomic E-state index is 0.00635. The standard InChI is InChI=1S/C13H9N3O4/c17-12-8-3-1-2-4-10(8)14-15-16(12)7-11-9(13(18)19)5-6-20-11/h1-6H,7H2,(H,18,19). The van der Waals surface area contributed by atoms with Crippen LogP contribution in [0.15, 0.2) is 45.8 Å². The maximum absolute atomic E-state index is 12.2. The van der Waals surface area contributed by atoms with Gasteiger partial charge >= 0.3 is 5.97 Å². The Balaban J connectivity index is 2.07. The third-order valence-electron chi connectivity index (χ3n) is 2.90. The first-order valence-corrected chi connectivity index (χ1v) is 5.79. The topological polar surface area (TPSA) is 98.2 Å². The largest absolute Gasteiger partial charge is 0.478 e. The molecule has 0 bridgehead atoms. The lowest BCUT2D eigenvalue weighted by molar-refractivity contribution is 0.0694. The lowest BCUT2D eigenvalue weighted by atomic mass is 10.2. The Labute approximate surface area is 112 Å². The second kappa shape index (κ2) is 4.61. The van der Waals surface area contributed by atoms with Gasteiger partial charge in [0.1, 0.15) is 23.4 Å². The van der Waals surface area contributed by atoms with Gasteiger partial charge < -0.3 is 9.52 Å². The fourth-order valence-electron chi connectivity index (χ4n) is 1.92. The van der Waals surface area contributed by atoms with E-state index in [0.717, 1.165) is 4.68 Å². The first kappa shape index (κ1) is 12.1. The van der Waals surface area contributed by atoms with Gasteiger partial charge in [0.05, 0.1) is 11.6 Å². The van der Waals surface area contributed by atoms with Crippen molar-refractivity contribution in [2.24, 2.45) is 0 Å². The van der Waals surface area contributed by atoms with Crippen LogP contribution >= 0.6 is 0 Å². The van der Waals surface area contributed by atoms with Gasteiger partial charge in [-0.05, 0) is 18.2 Å². The molecule has 0 aliphatic heterocycles. The number of hydrogen-bond acceptors (Lipinski definition) is 5. The maximum Gasteiger partial charge on any atom is 0.339 e. The molecule has 7 heteroatoms. The second-order valence-electron chi connectivity index (χ2n) is 4.13. The van der Waals surface area contributed by atoms with Crippen molar-refractivity contribution < 1.29 is 14.3 Å². The molecule has 7 nitrogen and oxygen atoms in total. The van der Waals surface area contributed by atoms with Gasteiger partial charge in [-0.3, -0.25) is 4.79 Å². The molecule has 0 saturated heterocycles.